The van der Waals surface area contributed by atoms with Crippen LogP contribution in [0.5, 0.6) is 0 Å². The first-order valence-corrected chi connectivity index (χ1v) is 12.3. The summed E-state index contributed by atoms with van der Waals surface area (Å²) in [6, 6.07) is 0. The van der Waals surface area contributed by atoms with Gasteiger partial charge in [0.05, 0.1) is 0 Å². The maximum Gasteiger partial charge on any atom is 0.222 e. The van der Waals surface area contributed by atoms with Gasteiger partial charge >= 0.3 is 0 Å². The van der Waals surface area contributed by atoms with Gasteiger partial charge < -0.3 is 16.8 Å². The highest BCUT2D eigenvalue weighted by Crippen LogP contribution is 2.15. The SMILES string of the molecule is N.NCCCCCCCCCCCCCCCCCCCCCC(=O)N1CC1. The molecule has 4 heteroatoms. The summed E-state index contributed by atoms with van der Waals surface area (Å²) in [5.74, 6) is 0.383. The second-order valence-electron chi connectivity index (χ2n) is 8.64. The van der Waals surface area contributed by atoms with E-state index in [9.17, 15) is 4.79 Å². The van der Waals surface area contributed by atoms with Crippen LogP contribution in [0.3, 0.4) is 0 Å². The fourth-order valence-corrected chi connectivity index (χ4v) is 3.88. The van der Waals surface area contributed by atoms with Crippen molar-refractivity contribution in [2.24, 2.45) is 5.73 Å². The molecule has 168 valence electrons. The topological polar surface area (TPSA) is 81.1 Å². The maximum atomic E-state index is 11.5. The van der Waals surface area contributed by atoms with Crippen LogP contribution in [0.4, 0.5) is 0 Å². The molecule has 0 saturated carbocycles. The highest BCUT2D eigenvalue weighted by molar-refractivity contribution is 5.78. The Labute approximate surface area is 176 Å². The van der Waals surface area contributed by atoms with E-state index >= 15 is 0 Å². The Morgan fingerprint density at radius 3 is 1.11 bits per heavy atom. The van der Waals surface area contributed by atoms with Crippen LogP contribution in [0.1, 0.15) is 128 Å². The van der Waals surface area contributed by atoms with Crippen LogP contribution in [0, 0.1) is 0 Å². The number of unbranched alkanes of at least 4 members (excludes halogenated alkanes) is 18. The normalized spacial score (nSPS) is 12.8. The molecule has 1 saturated heterocycles. The van der Waals surface area contributed by atoms with Crippen molar-refractivity contribution in [3.05, 3.63) is 0 Å². The van der Waals surface area contributed by atoms with Gasteiger partial charge in [-0.15, -0.1) is 0 Å². The number of nitrogens with two attached hydrogens (primary N) is 1. The van der Waals surface area contributed by atoms with Crippen molar-refractivity contribution in [1.82, 2.24) is 11.1 Å². The number of hydrogen-bond acceptors (Lipinski definition) is 3. The van der Waals surface area contributed by atoms with E-state index in [4.69, 9.17) is 5.73 Å². The first-order chi connectivity index (χ1) is 13.3. The lowest BCUT2D eigenvalue weighted by Crippen LogP contribution is -2.09. The molecule has 0 aliphatic carbocycles. The van der Waals surface area contributed by atoms with Gasteiger partial charge in [-0.3, -0.25) is 4.79 Å². The van der Waals surface area contributed by atoms with Crippen molar-refractivity contribution in [3.63, 3.8) is 0 Å². The molecule has 0 aromatic rings. The Morgan fingerprint density at radius 2 is 0.821 bits per heavy atom. The molecule has 0 spiro atoms. The molecular weight excluding hydrogens is 346 g/mol. The van der Waals surface area contributed by atoms with Gasteiger partial charge in [-0.1, -0.05) is 109 Å². The summed E-state index contributed by atoms with van der Waals surface area (Å²) in [6.07, 6.45) is 26.9. The van der Waals surface area contributed by atoms with E-state index in [1.54, 1.807) is 0 Å². The third-order valence-electron chi connectivity index (χ3n) is 5.89. The fraction of sp³-hybridized carbons (Fsp3) is 0.958. The zero-order valence-corrected chi connectivity index (χ0v) is 18.9. The van der Waals surface area contributed by atoms with Crippen molar-refractivity contribution in [3.8, 4) is 0 Å². The number of rotatable bonds is 21. The highest BCUT2D eigenvalue weighted by atomic mass is 16.2. The molecule has 1 amide bonds. The average molecular weight is 398 g/mol. The second-order valence-corrected chi connectivity index (χ2v) is 8.64. The van der Waals surface area contributed by atoms with Crippen molar-refractivity contribution in [1.29, 1.82) is 0 Å². The molecule has 1 aliphatic rings. The Balaban J connectivity index is 0.00000729. The summed E-state index contributed by atoms with van der Waals surface area (Å²) in [4.78, 5) is 13.5. The van der Waals surface area contributed by atoms with Gasteiger partial charge in [0.25, 0.3) is 0 Å². The van der Waals surface area contributed by atoms with Gasteiger partial charge in [0, 0.05) is 19.5 Å². The first kappa shape index (κ1) is 27.4. The molecule has 28 heavy (non-hydrogen) atoms. The summed E-state index contributed by atoms with van der Waals surface area (Å²) >= 11 is 0. The number of carbonyl (C=O) groups excluding carboxylic acids is 1. The van der Waals surface area contributed by atoms with Crippen molar-refractivity contribution < 1.29 is 4.79 Å². The molecule has 0 radical (unpaired) electrons. The summed E-state index contributed by atoms with van der Waals surface area (Å²) in [6.45, 7) is 2.88. The summed E-state index contributed by atoms with van der Waals surface area (Å²) < 4.78 is 0. The van der Waals surface area contributed by atoms with E-state index in [-0.39, 0.29) is 6.15 Å². The minimum Gasteiger partial charge on any atom is -0.344 e. The van der Waals surface area contributed by atoms with Crippen LogP contribution in [0.15, 0.2) is 0 Å². The standard InChI is InChI=1S/C24H48N2O.H3N/c25-21-19-17-15-13-11-9-7-5-3-1-2-4-6-8-10-12-14-16-18-20-24(27)26-22-23-26;/h1-23,25H2;1H3. The Kier molecular flexibility index (Phi) is 20.6. The van der Waals surface area contributed by atoms with E-state index in [1.165, 1.54) is 116 Å². The minimum atomic E-state index is 0. The molecule has 1 rings (SSSR count). The van der Waals surface area contributed by atoms with Crippen LogP contribution in [-0.2, 0) is 4.79 Å². The Bertz CT molecular complexity index is 332. The molecule has 1 heterocycles. The number of nitrogens with zero attached hydrogens (tertiary/aromatic N) is 1. The Hall–Kier alpha value is -0.610. The van der Waals surface area contributed by atoms with E-state index in [0.29, 0.717) is 5.91 Å². The van der Waals surface area contributed by atoms with Crippen molar-refractivity contribution in [2.75, 3.05) is 19.6 Å². The first-order valence-electron chi connectivity index (χ1n) is 12.3. The van der Waals surface area contributed by atoms with Crippen LogP contribution in [-0.4, -0.2) is 30.4 Å². The molecule has 1 aliphatic heterocycles. The van der Waals surface area contributed by atoms with Gasteiger partial charge in [-0.25, -0.2) is 0 Å². The largest absolute Gasteiger partial charge is 0.344 e. The quantitative estimate of drug-likeness (QED) is 0.166. The predicted octanol–water partition coefficient (Wildman–Crippen LogP) is 6.75. The average Bonchev–Trinajstić information content (AvgIpc) is 3.51. The summed E-state index contributed by atoms with van der Waals surface area (Å²) in [7, 11) is 0. The van der Waals surface area contributed by atoms with Gasteiger partial charge in [0.1, 0.15) is 0 Å². The molecule has 0 unspecified atom stereocenters. The van der Waals surface area contributed by atoms with Gasteiger partial charge in [0.2, 0.25) is 5.91 Å². The Morgan fingerprint density at radius 1 is 0.536 bits per heavy atom. The predicted molar refractivity (Wildman–Crippen MR) is 123 cm³/mol. The van der Waals surface area contributed by atoms with Gasteiger partial charge in [-0.2, -0.15) is 0 Å². The van der Waals surface area contributed by atoms with Crippen LogP contribution < -0.4 is 11.9 Å². The fourth-order valence-electron chi connectivity index (χ4n) is 3.88. The van der Waals surface area contributed by atoms with Crippen LogP contribution in [0.25, 0.3) is 0 Å². The summed E-state index contributed by atoms with van der Waals surface area (Å²) in [5.41, 5.74) is 5.51. The number of amides is 1. The van der Waals surface area contributed by atoms with E-state index in [0.717, 1.165) is 32.5 Å². The lowest BCUT2D eigenvalue weighted by molar-refractivity contribution is -0.125. The van der Waals surface area contributed by atoms with Crippen molar-refractivity contribution >= 4 is 5.91 Å². The number of hydrogen-bond donors (Lipinski definition) is 2. The molecule has 0 atom stereocenters. The van der Waals surface area contributed by atoms with Crippen molar-refractivity contribution in [2.45, 2.75) is 128 Å². The zero-order valence-electron chi connectivity index (χ0n) is 18.9. The molecule has 0 bridgehead atoms. The van der Waals surface area contributed by atoms with Crippen LogP contribution in [0.2, 0.25) is 0 Å². The maximum absolute atomic E-state index is 11.5. The molecule has 5 N–H and O–H groups in total. The summed E-state index contributed by atoms with van der Waals surface area (Å²) in [5, 5.41) is 0. The van der Waals surface area contributed by atoms with E-state index in [1.807, 2.05) is 4.90 Å². The molecule has 0 aromatic carbocycles. The second kappa shape index (κ2) is 21.1. The third kappa shape index (κ3) is 18.7. The van der Waals surface area contributed by atoms with E-state index < -0.39 is 0 Å². The highest BCUT2D eigenvalue weighted by Gasteiger charge is 2.22. The van der Waals surface area contributed by atoms with E-state index in [2.05, 4.69) is 0 Å². The lowest BCUT2D eigenvalue weighted by Gasteiger charge is -2.04. The van der Waals surface area contributed by atoms with Gasteiger partial charge in [0.15, 0.2) is 0 Å². The smallest absolute Gasteiger partial charge is 0.222 e. The number of carbonyl (C=O) groups is 1. The molecule has 1 fully saturated rings. The monoisotopic (exact) mass is 397 g/mol. The van der Waals surface area contributed by atoms with Gasteiger partial charge in [-0.05, 0) is 19.4 Å². The zero-order chi connectivity index (χ0) is 19.4. The third-order valence-corrected chi connectivity index (χ3v) is 5.89. The minimum absolute atomic E-state index is 0. The molecule has 0 aromatic heterocycles. The lowest BCUT2D eigenvalue weighted by atomic mass is 10.0. The molecule has 4 nitrogen and oxygen atoms in total. The molecular formula is C24H51N3O. The van der Waals surface area contributed by atoms with Crippen LogP contribution >= 0.6 is 0 Å².